The molecule has 3 rings (SSSR count). The van der Waals surface area contributed by atoms with Crippen LogP contribution >= 0.6 is 0 Å². The van der Waals surface area contributed by atoms with Crippen LogP contribution in [0, 0.1) is 11.6 Å². The Morgan fingerprint density at radius 2 is 1.63 bits per heavy atom. The maximum atomic E-state index is 13.3. The van der Waals surface area contributed by atoms with Gasteiger partial charge in [0.25, 0.3) is 15.9 Å². The lowest BCUT2D eigenvalue weighted by Crippen LogP contribution is -2.27. The number of nitrogens with one attached hydrogen (secondary N) is 1. The highest BCUT2D eigenvalue weighted by Crippen LogP contribution is 2.30. The van der Waals surface area contributed by atoms with Crippen LogP contribution in [0.15, 0.2) is 71.6 Å². The molecule has 0 radical (unpaired) electrons. The smallest absolute Gasteiger partial charge is 0.264 e. The summed E-state index contributed by atoms with van der Waals surface area (Å²) in [6, 6.07) is 14.9. The number of ether oxygens (including phenoxy) is 1. The summed E-state index contributed by atoms with van der Waals surface area (Å²) in [6.45, 7) is 0. The number of sulfonamides is 1. The first-order valence-electron chi connectivity index (χ1n) is 8.72. The number of rotatable bonds is 6. The van der Waals surface area contributed by atoms with Crippen LogP contribution in [0.1, 0.15) is 10.4 Å². The molecule has 9 heteroatoms. The first kappa shape index (κ1) is 21.3. The molecule has 0 spiro atoms. The van der Waals surface area contributed by atoms with Crippen LogP contribution in [0.5, 0.6) is 5.75 Å². The summed E-state index contributed by atoms with van der Waals surface area (Å²) >= 11 is 0. The molecular weight excluding hydrogens is 414 g/mol. The number of carbonyl (C=O) groups is 1. The zero-order chi connectivity index (χ0) is 21.9. The molecule has 0 heterocycles. The van der Waals surface area contributed by atoms with Crippen LogP contribution in [0.2, 0.25) is 0 Å². The van der Waals surface area contributed by atoms with Gasteiger partial charge in [-0.3, -0.25) is 9.10 Å². The Balaban J connectivity index is 1.81. The van der Waals surface area contributed by atoms with Crippen LogP contribution in [0.3, 0.4) is 0 Å². The van der Waals surface area contributed by atoms with Crippen molar-refractivity contribution in [2.45, 2.75) is 4.90 Å². The van der Waals surface area contributed by atoms with Crippen molar-refractivity contribution in [1.82, 2.24) is 0 Å². The number of benzene rings is 3. The normalized spacial score (nSPS) is 11.1. The van der Waals surface area contributed by atoms with E-state index in [0.29, 0.717) is 11.4 Å². The molecule has 0 saturated carbocycles. The Morgan fingerprint density at radius 1 is 0.967 bits per heavy atom. The van der Waals surface area contributed by atoms with Gasteiger partial charge in [-0.2, -0.15) is 0 Å². The molecule has 0 atom stereocenters. The third kappa shape index (κ3) is 4.25. The second-order valence-electron chi connectivity index (χ2n) is 6.25. The summed E-state index contributed by atoms with van der Waals surface area (Å²) in [4.78, 5) is 12.3. The minimum Gasteiger partial charge on any atom is -0.495 e. The van der Waals surface area contributed by atoms with Crippen molar-refractivity contribution in [3.63, 3.8) is 0 Å². The van der Waals surface area contributed by atoms with Gasteiger partial charge in [0.15, 0.2) is 11.6 Å². The summed E-state index contributed by atoms with van der Waals surface area (Å²) in [5, 5.41) is 2.43. The van der Waals surface area contributed by atoms with Crippen molar-refractivity contribution in [1.29, 1.82) is 0 Å². The highest BCUT2D eigenvalue weighted by atomic mass is 32.2. The molecule has 0 aliphatic carbocycles. The van der Waals surface area contributed by atoms with Crippen LogP contribution in [-0.2, 0) is 10.0 Å². The zero-order valence-electron chi connectivity index (χ0n) is 16.1. The largest absolute Gasteiger partial charge is 0.495 e. The van der Waals surface area contributed by atoms with Crippen molar-refractivity contribution in [2.24, 2.45) is 0 Å². The lowest BCUT2D eigenvalue weighted by Gasteiger charge is -2.21. The molecule has 0 aromatic heterocycles. The second kappa shape index (κ2) is 8.50. The average molecular weight is 432 g/mol. The van der Waals surface area contributed by atoms with Crippen molar-refractivity contribution >= 4 is 27.3 Å². The van der Waals surface area contributed by atoms with Gasteiger partial charge in [0.2, 0.25) is 0 Å². The lowest BCUT2D eigenvalue weighted by atomic mass is 10.2. The molecule has 3 aromatic rings. The van der Waals surface area contributed by atoms with E-state index < -0.39 is 27.6 Å². The SMILES string of the molecule is COc1ccccc1N(C)S(=O)(=O)c1ccc(C(=O)Nc2ccc(F)c(F)c2)cc1. The third-order valence-electron chi connectivity index (χ3n) is 4.38. The molecule has 1 N–H and O–H groups in total. The molecule has 0 aliphatic rings. The number of halogens is 2. The Bertz CT molecular complexity index is 1180. The highest BCUT2D eigenvalue weighted by Gasteiger charge is 2.24. The standard InChI is InChI=1S/C21H18F2N2O4S/c1-25(19-5-3-4-6-20(19)29-2)30(27,28)16-10-7-14(8-11-16)21(26)24-15-9-12-17(22)18(23)13-15/h3-13H,1-2H3,(H,24,26). The number of carbonyl (C=O) groups excluding carboxylic acids is 1. The maximum Gasteiger partial charge on any atom is 0.264 e. The number of amides is 1. The molecular formula is C21H18F2N2O4S. The molecule has 0 unspecified atom stereocenters. The van der Waals surface area contributed by atoms with E-state index in [1.807, 2.05) is 0 Å². The quantitative estimate of drug-likeness (QED) is 0.638. The summed E-state index contributed by atoms with van der Waals surface area (Å²) in [5.41, 5.74) is 0.588. The maximum absolute atomic E-state index is 13.3. The van der Waals surface area contributed by atoms with E-state index in [1.54, 1.807) is 24.3 Å². The summed E-state index contributed by atoms with van der Waals surface area (Å²) in [7, 11) is -1.06. The van der Waals surface area contributed by atoms with Gasteiger partial charge < -0.3 is 10.1 Å². The van der Waals surface area contributed by atoms with Gasteiger partial charge in [0.05, 0.1) is 17.7 Å². The molecule has 0 saturated heterocycles. The minimum absolute atomic E-state index is 0.0275. The average Bonchev–Trinajstić information content (AvgIpc) is 2.75. The predicted molar refractivity (Wildman–Crippen MR) is 109 cm³/mol. The fourth-order valence-electron chi connectivity index (χ4n) is 2.73. The van der Waals surface area contributed by atoms with E-state index >= 15 is 0 Å². The monoisotopic (exact) mass is 432 g/mol. The van der Waals surface area contributed by atoms with Crippen LogP contribution in [0.25, 0.3) is 0 Å². The van der Waals surface area contributed by atoms with Crippen molar-refractivity contribution in [3.8, 4) is 5.75 Å². The number of methoxy groups -OCH3 is 1. The van der Waals surface area contributed by atoms with E-state index in [9.17, 15) is 22.0 Å². The second-order valence-corrected chi connectivity index (χ2v) is 8.22. The van der Waals surface area contributed by atoms with E-state index in [1.165, 1.54) is 44.5 Å². The number of nitrogens with zero attached hydrogens (tertiary/aromatic N) is 1. The summed E-state index contributed by atoms with van der Waals surface area (Å²) in [6.07, 6.45) is 0. The number of para-hydroxylation sites is 2. The molecule has 0 aliphatic heterocycles. The van der Waals surface area contributed by atoms with Gasteiger partial charge >= 0.3 is 0 Å². The van der Waals surface area contributed by atoms with Gasteiger partial charge in [-0.05, 0) is 48.5 Å². The fraction of sp³-hybridized carbons (Fsp3) is 0.0952. The zero-order valence-corrected chi connectivity index (χ0v) is 16.9. The summed E-state index contributed by atoms with van der Waals surface area (Å²) < 4.78 is 58.4. The third-order valence-corrected chi connectivity index (χ3v) is 6.16. The topological polar surface area (TPSA) is 75.7 Å². The van der Waals surface area contributed by atoms with Gasteiger partial charge in [0, 0.05) is 24.4 Å². The molecule has 0 fully saturated rings. The van der Waals surface area contributed by atoms with Crippen molar-refractivity contribution < 1.29 is 26.7 Å². The summed E-state index contributed by atoms with van der Waals surface area (Å²) in [5.74, 6) is -2.32. The highest BCUT2D eigenvalue weighted by molar-refractivity contribution is 7.92. The Labute approximate surface area is 172 Å². The number of hydrogen-bond donors (Lipinski definition) is 1. The van der Waals surface area contributed by atoms with Crippen molar-refractivity contribution in [2.75, 3.05) is 23.8 Å². The van der Waals surface area contributed by atoms with Crippen LogP contribution in [0.4, 0.5) is 20.2 Å². The van der Waals surface area contributed by atoms with Crippen LogP contribution in [-0.4, -0.2) is 28.5 Å². The van der Waals surface area contributed by atoms with Gasteiger partial charge in [-0.1, -0.05) is 12.1 Å². The predicted octanol–water partition coefficient (Wildman–Crippen LogP) is 4.05. The molecule has 6 nitrogen and oxygen atoms in total. The van der Waals surface area contributed by atoms with E-state index in [2.05, 4.69) is 5.32 Å². The Hall–Kier alpha value is -3.46. The van der Waals surface area contributed by atoms with Gasteiger partial charge in [-0.25, -0.2) is 17.2 Å². The number of hydrogen-bond acceptors (Lipinski definition) is 4. The fourth-order valence-corrected chi connectivity index (χ4v) is 3.94. The van der Waals surface area contributed by atoms with E-state index in [4.69, 9.17) is 4.74 Å². The van der Waals surface area contributed by atoms with E-state index in [-0.39, 0.29) is 16.1 Å². The Morgan fingerprint density at radius 3 is 2.27 bits per heavy atom. The van der Waals surface area contributed by atoms with Gasteiger partial charge in [-0.15, -0.1) is 0 Å². The minimum atomic E-state index is -3.91. The molecule has 3 aromatic carbocycles. The number of anilines is 2. The molecule has 1 amide bonds. The molecule has 30 heavy (non-hydrogen) atoms. The van der Waals surface area contributed by atoms with Crippen molar-refractivity contribution in [3.05, 3.63) is 83.9 Å². The lowest BCUT2D eigenvalue weighted by molar-refractivity contribution is 0.102. The van der Waals surface area contributed by atoms with Crippen LogP contribution < -0.4 is 14.4 Å². The Kier molecular flexibility index (Phi) is 6.02. The van der Waals surface area contributed by atoms with Gasteiger partial charge in [0.1, 0.15) is 5.75 Å². The van der Waals surface area contributed by atoms with E-state index in [0.717, 1.165) is 16.4 Å². The first-order valence-corrected chi connectivity index (χ1v) is 10.2. The molecule has 0 bridgehead atoms. The first-order chi connectivity index (χ1) is 14.2. The molecule has 156 valence electrons.